The second-order valence-electron chi connectivity index (χ2n) is 4.28. The van der Waals surface area contributed by atoms with Gasteiger partial charge in [-0.3, -0.25) is 4.79 Å². The molecule has 0 bridgehead atoms. The van der Waals surface area contributed by atoms with Crippen molar-refractivity contribution in [2.24, 2.45) is 5.41 Å². The molecular weight excluding hydrogens is 196 g/mol. The van der Waals surface area contributed by atoms with Crippen LogP contribution in [0.5, 0.6) is 5.75 Å². The third kappa shape index (κ3) is 2.29. The molecule has 76 valence electrons. The number of phenols is 1. The Kier molecular flexibility index (Phi) is 2.90. The number of thiol groups is 1. The van der Waals surface area contributed by atoms with Gasteiger partial charge in [-0.1, -0.05) is 20.8 Å². The molecule has 0 unspecified atom stereocenters. The van der Waals surface area contributed by atoms with Gasteiger partial charge in [-0.25, -0.2) is 0 Å². The van der Waals surface area contributed by atoms with Crippen LogP contribution in [0.15, 0.2) is 23.1 Å². The fraction of sp³-hybridized carbons (Fsp3) is 0.364. The molecule has 0 radical (unpaired) electrons. The minimum atomic E-state index is -0.477. The Bertz CT molecular complexity index is 364. The number of phenolic OH excluding ortho intramolecular Hbond substituents is 1. The fourth-order valence-corrected chi connectivity index (χ4v) is 1.31. The Balaban J connectivity index is 3.15. The van der Waals surface area contributed by atoms with Crippen molar-refractivity contribution < 1.29 is 9.90 Å². The summed E-state index contributed by atoms with van der Waals surface area (Å²) in [7, 11) is 0. The lowest BCUT2D eigenvalue weighted by Crippen LogP contribution is -2.20. The predicted octanol–water partition coefficient (Wildman–Crippen LogP) is 2.91. The van der Waals surface area contributed by atoms with Crippen LogP contribution in [0.3, 0.4) is 0 Å². The van der Waals surface area contributed by atoms with Crippen LogP contribution in [0.2, 0.25) is 0 Å². The van der Waals surface area contributed by atoms with Gasteiger partial charge in [0, 0.05) is 10.3 Å². The summed E-state index contributed by atoms with van der Waals surface area (Å²) in [5, 5.41) is 9.56. The average molecular weight is 210 g/mol. The molecule has 0 heterocycles. The third-order valence-electron chi connectivity index (χ3n) is 1.91. The van der Waals surface area contributed by atoms with Gasteiger partial charge in [0.05, 0.1) is 5.56 Å². The molecule has 0 saturated carbocycles. The quantitative estimate of drug-likeness (QED) is 0.552. The molecule has 1 N–H and O–H groups in total. The maximum atomic E-state index is 11.8. The summed E-state index contributed by atoms with van der Waals surface area (Å²) in [6.07, 6.45) is 0. The number of hydrogen-bond acceptors (Lipinski definition) is 3. The zero-order valence-corrected chi connectivity index (χ0v) is 9.43. The Morgan fingerprint density at radius 1 is 1.36 bits per heavy atom. The Hall–Kier alpha value is -0.960. The third-order valence-corrected chi connectivity index (χ3v) is 2.19. The molecule has 0 aliphatic heterocycles. The Labute approximate surface area is 89.4 Å². The van der Waals surface area contributed by atoms with Crippen LogP contribution in [0.4, 0.5) is 0 Å². The van der Waals surface area contributed by atoms with Crippen LogP contribution < -0.4 is 0 Å². The standard InChI is InChI=1S/C11H14O2S/c1-11(2,3)10(13)8-5-4-7(14)6-9(8)12/h4-6,12,14H,1-3H3. The highest BCUT2D eigenvalue weighted by atomic mass is 32.1. The number of carbonyl (C=O) groups excluding carboxylic acids is 1. The van der Waals surface area contributed by atoms with Crippen LogP contribution in [0.1, 0.15) is 31.1 Å². The topological polar surface area (TPSA) is 37.3 Å². The molecule has 0 aliphatic carbocycles. The number of carbonyl (C=O) groups is 1. The van der Waals surface area contributed by atoms with Crippen molar-refractivity contribution in [1.82, 2.24) is 0 Å². The summed E-state index contributed by atoms with van der Waals surface area (Å²) in [4.78, 5) is 12.5. The van der Waals surface area contributed by atoms with Gasteiger partial charge in [-0.2, -0.15) is 0 Å². The van der Waals surface area contributed by atoms with E-state index in [4.69, 9.17) is 0 Å². The molecule has 0 spiro atoms. The van der Waals surface area contributed by atoms with Crippen molar-refractivity contribution in [3.63, 3.8) is 0 Å². The highest BCUT2D eigenvalue weighted by Gasteiger charge is 2.24. The summed E-state index contributed by atoms with van der Waals surface area (Å²) >= 11 is 4.07. The Morgan fingerprint density at radius 3 is 2.36 bits per heavy atom. The number of benzene rings is 1. The average Bonchev–Trinajstić information content (AvgIpc) is 2.01. The maximum absolute atomic E-state index is 11.8. The molecule has 3 heteroatoms. The molecule has 0 fully saturated rings. The van der Waals surface area contributed by atoms with Gasteiger partial charge >= 0.3 is 0 Å². The van der Waals surface area contributed by atoms with Gasteiger partial charge in [0.2, 0.25) is 0 Å². The first-order valence-corrected chi connectivity index (χ1v) is 4.84. The zero-order valence-electron chi connectivity index (χ0n) is 8.53. The van der Waals surface area contributed by atoms with Crippen LogP contribution in [0.25, 0.3) is 0 Å². The molecule has 0 atom stereocenters. The summed E-state index contributed by atoms with van der Waals surface area (Å²) in [6, 6.07) is 4.77. The van der Waals surface area contributed by atoms with Gasteiger partial charge < -0.3 is 5.11 Å². The number of hydrogen-bond donors (Lipinski definition) is 2. The lowest BCUT2D eigenvalue weighted by Gasteiger charge is -2.17. The van der Waals surface area contributed by atoms with E-state index in [-0.39, 0.29) is 11.5 Å². The van der Waals surface area contributed by atoms with Crippen LogP contribution >= 0.6 is 12.6 Å². The van der Waals surface area contributed by atoms with E-state index in [0.717, 1.165) is 0 Å². The van der Waals surface area contributed by atoms with E-state index in [1.165, 1.54) is 6.07 Å². The molecular formula is C11H14O2S. The first-order chi connectivity index (χ1) is 6.32. The van der Waals surface area contributed by atoms with Crippen molar-refractivity contribution in [3.05, 3.63) is 23.8 Å². The molecule has 0 saturated heterocycles. The van der Waals surface area contributed by atoms with Gasteiger partial charge in [0.25, 0.3) is 0 Å². The van der Waals surface area contributed by atoms with Crippen molar-refractivity contribution >= 4 is 18.4 Å². The minimum Gasteiger partial charge on any atom is -0.507 e. The molecule has 14 heavy (non-hydrogen) atoms. The first kappa shape index (κ1) is 11.1. The van der Waals surface area contributed by atoms with Gasteiger partial charge in [0.15, 0.2) is 5.78 Å². The van der Waals surface area contributed by atoms with Crippen molar-refractivity contribution in [2.45, 2.75) is 25.7 Å². The smallest absolute Gasteiger partial charge is 0.171 e. The molecule has 1 aromatic rings. The van der Waals surface area contributed by atoms with E-state index in [1.54, 1.807) is 12.1 Å². The minimum absolute atomic E-state index is 0.00238. The van der Waals surface area contributed by atoms with Crippen LogP contribution in [-0.4, -0.2) is 10.9 Å². The maximum Gasteiger partial charge on any atom is 0.171 e. The SMILES string of the molecule is CC(C)(C)C(=O)c1ccc(S)cc1O. The monoisotopic (exact) mass is 210 g/mol. The highest BCUT2D eigenvalue weighted by molar-refractivity contribution is 7.80. The lowest BCUT2D eigenvalue weighted by atomic mass is 9.86. The predicted molar refractivity (Wildman–Crippen MR) is 59.1 cm³/mol. The zero-order chi connectivity index (χ0) is 10.9. The van der Waals surface area contributed by atoms with E-state index >= 15 is 0 Å². The highest BCUT2D eigenvalue weighted by Crippen LogP contribution is 2.28. The normalized spacial score (nSPS) is 11.4. The number of rotatable bonds is 1. The van der Waals surface area contributed by atoms with Crippen LogP contribution in [-0.2, 0) is 0 Å². The molecule has 0 aliphatic rings. The number of aromatic hydroxyl groups is 1. The number of ketones is 1. The van der Waals surface area contributed by atoms with Gasteiger partial charge in [0.1, 0.15) is 5.75 Å². The summed E-state index contributed by atoms with van der Waals surface area (Å²) < 4.78 is 0. The van der Waals surface area contributed by atoms with E-state index in [2.05, 4.69) is 12.6 Å². The fourth-order valence-electron chi connectivity index (χ4n) is 1.12. The van der Waals surface area contributed by atoms with Gasteiger partial charge in [-0.05, 0) is 18.2 Å². The second kappa shape index (κ2) is 3.65. The molecule has 2 nitrogen and oxygen atoms in total. The summed E-state index contributed by atoms with van der Waals surface area (Å²) in [5.41, 5.74) is -0.120. The molecule has 1 rings (SSSR count). The largest absolute Gasteiger partial charge is 0.507 e. The lowest BCUT2D eigenvalue weighted by molar-refractivity contribution is 0.0855. The first-order valence-electron chi connectivity index (χ1n) is 4.39. The molecule has 0 aromatic heterocycles. The number of Topliss-reactive ketones (excluding diaryl/α,β-unsaturated/α-hetero) is 1. The second-order valence-corrected chi connectivity index (χ2v) is 4.80. The summed E-state index contributed by atoms with van der Waals surface area (Å²) in [5.74, 6) is -0.0687. The van der Waals surface area contributed by atoms with E-state index in [1.807, 2.05) is 20.8 Å². The van der Waals surface area contributed by atoms with Crippen molar-refractivity contribution in [3.8, 4) is 5.75 Å². The van der Waals surface area contributed by atoms with Crippen molar-refractivity contribution in [2.75, 3.05) is 0 Å². The van der Waals surface area contributed by atoms with E-state index in [0.29, 0.717) is 10.5 Å². The van der Waals surface area contributed by atoms with E-state index < -0.39 is 5.41 Å². The van der Waals surface area contributed by atoms with E-state index in [9.17, 15) is 9.90 Å². The molecule has 0 amide bonds. The Morgan fingerprint density at radius 2 is 1.93 bits per heavy atom. The summed E-state index contributed by atoms with van der Waals surface area (Å²) in [6.45, 7) is 5.47. The van der Waals surface area contributed by atoms with Crippen LogP contribution in [0, 0.1) is 5.41 Å². The van der Waals surface area contributed by atoms with Crippen molar-refractivity contribution in [1.29, 1.82) is 0 Å². The molecule has 1 aromatic carbocycles. The van der Waals surface area contributed by atoms with Gasteiger partial charge in [-0.15, -0.1) is 12.6 Å².